The van der Waals surface area contributed by atoms with Crippen molar-refractivity contribution in [2.75, 3.05) is 0 Å². The molecule has 0 aliphatic heterocycles. The normalized spacial score (nSPS) is 11.3. The van der Waals surface area contributed by atoms with Crippen molar-refractivity contribution in [3.63, 3.8) is 0 Å². The SMILES string of the molecule is CCn1c(=O)n(CC)c2cc(-c3ccco3)c(C)cc21. The first-order chi connectivity index (χ1) is 9.67. The molecular formula is C16H18N2O2. The van der Waals surface area contributed by atoms with Gasteiger partial charge < -0.3 is 4.42 Å². The molecule has 3 aromatic rings. The summed E-state index contributed by atoms with van der Waals surface area (Å²) in [5.74, 6) is 0.837. The quantitative estimate of drug-likeness (QED) is 0.731. The standard InChI is InChI=1S/C16H18N2O2/c1-4-17-13-9-11(3)12(15-7-6-8-20-15)10-14(13)18(5-2)16(17)19/h6-10H,4-5H2,1-3H3. The first kappa shape index (κ1) is 12.8. The van der Waals surface area contributed by atoms with E-state index in [0.717, 1.165) is 27.9 Å². The molecule has 0 saturated heterocycles. The summed E-state index contributed by atoms with van der Waals surface area (Å²) < 4.78 is 9.12. The fourth-order valence-electron chi connectivity index (χ4n) is 2.77. The van der Waals surface area contributed by atoms with Crippen molar-refractivity contribution in [3.8, 4) is 11.3 Å². The van der Waals surface area contributed by atoms with Gasteiger partial charge in [0.25, 0.3) is 0 Å². The number of nitrogens with zero attached hydrogens (tertiary/aromatic N) is 2. The van der Waals surface area contributed by atoms with Gasteiger partial charge in [-0.1, -0.05) is 0 Å². The highest BCUT2D eigenvalue weighted by Gasteiger charge is 2.14. The van der Waals surface area contributed by atoms with Crippen LogP contribution in [0.15, 0.2) is 39.7 Å². The minimum atomic E-state index is 0.0565. The van der Waals surface area contributed by atoms with Gasteiger partial charge in [0.15, 0.2) is 0 Å². The van der Waals surface area contributed by atoms with Gasteiger partial charge in [0.05, 0.1) is 17.3 Å². The third kappa shape index (κ3) is 1.72. The fraction of sp³-hybridized carbons (Fsp3) is 0.312. The van der Waals surface area contributed by atoms with E-state index in [2.05, 4.69) is 12.1 Å². The Hall–Kier alpha value is -2.23. The van der Waals surface area contributed by atoms with E-state index in [1.54, 1.807) is 6.26 Å². The molecule has 0 spiro atoms. The Morgan fingerprint density at radius 3 is 2.30 bits per heavy atom. The minimum absolute atomic E-state index is 0.0565. The average molecular weight is 270 g/mol. The molecule has 20 heavy (non-hydrogen) atoms. The summed E-state index contributed by atoms with van der Waals surface area (Å²) in [5, 5.41) is 0. The van der Waals surface area contributed by atoms with E-state index in [0.29, 0.717) is 13.1 Å². The predicted molar refractivity (Wildman–Crippen MR) is 80.0 cm³/mol. The highest BCUT2D eigenvalue weighted by atomic mass is 16.3. The van der Waals surface area contributed by atoms with Crippen molar-refractivity contribution in [2.45, 2.75) is 33.9 Å². The van der Waals surface area contributed by atoms with Crippen molar-refractivity contribution in [3.05, 3.63) is 46.6 Å². The number of hydrogen-bond donors (Lipinski definition) is 0. The maximum absolute atomic E-state index is 12.4. The molecular weight excluding hydrogens is 252 g/mol. The molecule has 0 bridgehead atoms. The number of rotatable bonds is 3. The van der Waals surface area contributed by atoms with E-state index in [1.165, 1.54) is 0 Å². The molecule has 0 saturated carbocycles. The first-order valence-corrected chi connectivity index (χ1v) is 6.95. The first-order valence-electron chi connectivity index (χ1n) is 6.95. The minimum Gasteiger partial charge on any atom is -0.464 e. The number of aryl methyl sites for hydroxylation is 3. The molecule has 104 valence electrons. The van der Waals surface area contributed by atoms with E-state index in [9.17, 15) is 4.79 Å². The van der Waals surface area contributed by atoms with E-state index in [1.807, 2.05) is 42.0 Å². The molecule has 4 nitrogen and oxygen atoms in total. The lowest BCUT2D eigenvalue weighted by atomic mass is 10.1. The van der Waals surface area contributed by atoms with E-state index < -0.39 is 0 Å². The van der Waals surface area contributed by atoms with E-state index in [4.69, 9.17) is 4.42 Å². The van der Waals surface area contributed by atoms with Crippen LogP contribution in [0, 0.1) is 6.92 Å². The lowest BCUT2D eigenvalue weighted by Gasteiger charge is -2.06. The monoisotopic (exact) mass is 270 g/mol. The number of fused-ring (bicyclic) bond motifs is 1. The number of aromatic nitrogens is 2. The lowest BCUT2D eigenvalue weighted by molar-refractivity contribution is 0.582. The molecule has 0 fully saturated rings. The number of imidazole rings is 1. The lowest BCUT2D eigenvalue weighted by Crippen LogP contribution is -2.23. The van der Waals surface area contributed by atoms with Crippen LogP contribution in [0.25, 0.3) is 22.4 Å². The van der Waals surface area contributed by atoms with Crippen LogP contribution < -0.4 is 5.69 Å². The summed E-state index contributed by atoms with van der Waals surface area (Å²) in [6.07, 6.45) is 1.67. The zero-order valence-corrected chi connectivity index (χ0v) is 12.0. The largest absolute Gasteiger partial charge is 0.464 e. The molecule has 0 aliphatic rings. The summed E-state index contributed by atoms with van der Waals surface area (Å²) in [4.78, 5) is 12.4. The Bertz CT molecular complexity index is 807. The Morgan fingerprint density at radius 1 is 1.10 bits per heavy atom. The van der Waals surface area contributed by atoms with Gasteiger partial charge in [-0.15, -0.1) is 0 Å². The maximum Gasteiger partial charge on any atom is 0.329 e. The second-order valence-electron chi connectivity index (χ2n) is 4.90. The van der Waals surface area contributed by atoms with Crippen molar-refractivity contribution in [1.29, 1.82) is 0 Å². The van der Waals surface area contributed by atoms with Gasteiger partial charge in [-0.2, -0.15) is 0 Å². The average Bonchev–Trinajstić information content (AvgIpc) is 3.03. The van der Waals surface area contributed by atoms with Gasteiger partial charge in [0, 0.05) is 18.7 Å². The van der Waals surface area contributed by atoms with Gasteiger partial charge >= 0.3 is 5.69 Å². The van der Waals surface area contributed by atoms with Crippen LogP contribution in [0.3, 0.4) is 0 Å². The van der Waals surface area contributed by atoms with Crippen LogP contribution >= 0.6 is 0 Å². The van der Waals surface area contributed by atoms with Gasteiger partial charge in [-0.05, 0) is 50.6 Å². The third-order valence-electron chi connectivity index (χ3n) is 3.78. The third-order valence-corrected chi connectivity index (χ3v) is 3.78. The molecule has 0 radical (unpaired) electrons. The van der Waals surface area contributed by atoms with Crippen molar-refractivity contribution in [1.82, 2.24) is 9.13 Å². The summed E-state index contributed by atoms with van der Waals surface area (Å²) in [6, 6.07) is 7.95. The molecule has 1 aromatic carbocycles. The smallest absolute Gasteiger partial charge is 0.329 e. The molecule has 4 heteroatoms. The molecule has 0 atom stereocenters. The zero-order chi connectivity index (χ0) is 14.3. The molecule has 3 rings (SSSR count). The van der Waals surface area contributed by atoms with Crippen LogP contribution in [0.5, 0.6) is 0 Å². The summed E-state index contributed by atoms with van der Waals surface area (Å²) in [6.45, 7) is 7.39. The van der Waals surface area contributed by atoms with Crippen LogP contribution in [-0.2, 0) is 13.1 Å². The Morgan fingerprint density at radius 2 is 1.75 bits per heavy atom. The van der Waals surface area contributed by atoms with Crippen molar-refractivity contribution >= 4 is 11.0 Å². The van der Waals surface area contributed by atoms with Gasteiger partial charge in [0.1, 0.15) is 5.76 Å². The van der Waals surface area contributed by atoms with Crippen molar-refractivity contribution in [2.24, 2.45) is 0 Å². The molecule has 2 aromatic heterocycles. The van der Waals surface area contributed by atoms with Crippen LogP contribution in [0.4, 0.5) is 0 Å². The number of benzene rings is 1. The predicted octanol–water partition coefficient (Wildman–Crippen LogP) is 3.41. The second kappa shape index (κ2) is 4.71. The number of furan rings is 1. The van der Waals surface area contributed by atoms with Crippen LogP contribution in [0.2, 0.25) is 0 Å². The maximum atomic E-state index is 12.4. The zero-order valence-electron chi connectivity index (χ0n) is 12.0. The van der Waals surface area contributed by atoms with Crippen LogP contribution in [0.1, 0.15) is 19.4 Å². The topological polar surface area (TPSA) is 40.1 Å². The van der Waals surface area contributed by atoms with E-state index >= 15 is 0 Å². The summed E-state index contributed by atoms with van der Waals surface area (Å²) in [7, 11) is 0. The molecule has 0 unspecified atom stereocenters. The fourth-order valence-corrected chi connectivity index (χ4v) is 2.77. The second-order valence-corrected chi connectivity index (χ2v) is 4.90. The number of hydrogen-bond acceptors (Lipinski definition) is 2. The molecule has 0 N–H and O–H groups in total. The summed E-state index contributed by atoms with van der Waals surface area (Å²) >= 11 is 0. The van der Waals surface area contributed by atoms with Gasteiger partial charge in [0.2, 0.25) is 0 Å². The highest BCUT2D eigenvalue weighted by Crippen LogP contribution is 2.28. The Labute approximate surface area is 117 Å². The van der Waals surface area contributed by atoms with E-state index in [-0.39, 0.29) is 5.69 Å². The Kier molecular flexibility index (Phi) is 3.01. The molecule has 0 aliphatic carbocycles. The molecule has 0 amide bonds. The highest BCUT2D eigenvalue weighted by molar-refractivity contribution is 5.83. The summed E-state index contributed by atoms with van der Waals surface area (Å²) in [5.41, 5.74) is 4.17. The van der Waals surface area contributed by atoms with Crippen LogP contribution in [-0.4, -0.2) is 9.13 Å². The van der Waals surface area contributed by atoms with Gasteiger partial charge in [-0.25, -0.2) is 4.79 Å². The molecule has 2 heterocycles. The Balaban J connectivity index is 2.38. The van der Waals surface area contributed by atoms with Crippen molar-refractivity contribution < 1.29 is 4.42 Å². The van der Waals surface area contributed by atoms with Gasteiger partial charge in [-0.3, -0.25) is 9.13 Å².